The first-order valence-electron chi connectivity index (χ1n) is 40.1. The van der Waals surface area contributed by atoms with Gasteiger partial charge in [0.2, 0.25) is 5.82 Å². The van der Waals surface area contributed by atoms with Crippen molar-refractivity contribution in [3.05, 3.63) is 177 Å². The summed E-state index contributed by atoms with van der Waals surface area (Å²) in [5.41, 5.74) is 44.3. The fourth-order valence-corrected chi connectivity index (χ4v) is 8.20. The van der Waals surface area contributed by atoms with Gasteiger partial charge in [0, 0.05) is 64.0 Å². The minimum atomic E-state index is -0.988. The largest absolute Gasteiger partial charge is 0.383 e. The van der Waals surface area contributed by atoms with Gasteiger partial charge in [0.1, 0.15) is 89.7 Å². The number of hydrogen-bond acceptors (Lipinski definition) is 28. The van der Waals surface area contributed by atoms with Crippen LogP contribution in [0.4, 0.5) is 45.1 Å². The summed E-state index contributed by atoms with van der Waals surface area (Å²) in [6.45, 7) is 72.2. The Bertz CT molecular complexity index is 5250. The first-order chi connectivity index (χ1) is 56.8. The third kappa shape index (κ3) is 46.1. The third-order valence-corrected chi connectivity index (χ3v) is 13.4. The predicted molar refractivity (Wildman–Crippen MR) is 508 cm³/mol. The molecule has 38 heteroatoms. The molecular formula is C87H142FN33O4. The second-order valence-electron chi connectivity index (χ2n) is 40.3. The van der Waals surface area contributed by atoms with Crippen LogP contribution in [0.3, 0.4) is 0 Å². The summed E-state index contributed by atoms with van der Waals surface area (Å²) in [5, 5.41) is 16.5. The fourth-order valence-electron chi connectivity index (χ4n) is 8.20. The number of hydrogen-bond donors (Lipinski definition) is 12. The standard InChI is InChI=1S/C9H14N2O.C8H12FN3O.2C8H13N3O.C7H7N3.C6H7N5.C6H6N4.2C5H5N5.5C5H12/c1-7-5-8(12)11(6-10-7)9(2,3)4;1-8(2,3)12-4-11-6(10)5(9)7(12)13;1-8(2,3)11-5-10-6(9)4-7(11)12;1-8(2,3)11-5-4-6(9)10-7(11)12;1-5-6-2-3-8-7(6)10-4-9-5;1-3-9-5(7)4-2-8-11-6(4)10-3;7-5-4-1-2-8-6(4)10-3-9-5;6-4-3-5(9-1-7-3)10-2-8-4;6-4-3-1-9-10-5(3)8-2-7-4;5*1-5(2,3)4/h5-6H,1-4H3;4H,10H2,1-3H3;4-5H,9H2,1-3H3;4-5H,1-3H3,(H2,9,10,12);2-4H,1H3,(H,8,9,10);2H,1H3,(H3,7,8,9,10,11);1-3H,(H3,7,8,9,10);2*1-2H,(H3,6,7,8,9,10);5*1-4H3. The Morgan fingerprint density at radius 2 is 0.752 bits per heavy atom. The Morgan fingerprint density at radius 3 is 1.18 bits per heavy atom. The van der Waals surface area contributed by atoms with Crippen LogP contribution in [0.1, 0.15) is 239 Å². The first-order valence-corrected chi connectivity index (χ1v) is 40.1. The van der Waals surface area contributed by atoms with Gasteiger partial charge in [0.05, 0.1) is 46.9 Å². The molecule has 686 valence electrons. The first kappa shape index (κ1) is 110. The molecule has 0 spiro atoms. The van der Waals surface area contributed by atoms with E-state index in [0.717, 1.165) is 44.2 Å². The van der Waals surface area contributed by atoms with Gasteiger partial charge in [-0.1, -0.05) is 138 Å². The Labute approximate surface area is 733 Å². The van der Waals surface area contributed by atoms with Gasteiger partial charge in [-0.05, 0) is 149 Å². The molecule has 14 aromatic heterocycles. The average Bonchev–Trinajstić information content (AvgIpc) is 1.74. The van der Waals surface area contributed by atoms with Gasteiger partial charge in [-0.3, -0.25) is 42.8 Å². The molecule has 0 aromatic carbocycles. The number of halogens is 1. The van der Waals surface area contributed by atoms with Crippen LogP contribution in [-0.2, 0) is 22.2 Å². The van der Waals surface area contributed by atoms with Crippen molar-refractivity contribution in [2.75, 3.05) is 40.1 Å². The summed E-state index contributed by atoms with van der Waals surface area (Å²) < 4.78 is 18.9. The highest BCUT2D eigenvalue weighted by atomic mass is 19.1. The maximum absolute atomic E-state index is 13.0. The predicted octanol–water partition coefficient (Wildman–Crippen LogP) is 15.4. The quantitative estimate of drug-likeness (QED) is 0.0671. The number of nitrogens with zero attached hydrogens (tertiary/aromatic N) is 21. The summed E-state index contributed by atoms with van der Waals surface area (Å²) in [7, 11) is 0. The van der Waals surface area contributed by atoms with Gasteiger partial charge in [-0.25, -0.2) is 74.6 Å². The molecular weight excluding hydrogens is 1590 g/mol. The molecule has 0 atom stereocenters. The normalized spacial score (nSPS) is 11.2. The molecule has 14 aromatic rings. The molecule has 19 N–H and O–H groups in total. The second-order valence-corrected chi connectivity index (χ2v) is 40.3. The van der Waals surface area contributed by atoms with E-state index in [9.17, 15) is 23.6 Å². The summed E-state index contributed by atoms with van der Waals surface area (Å²) in [6, 6.07) is 8.32. The SMILES string of the molecule is CC(C)(C)C.CC(C)(C)C.CC(C)(C)C.CC(C)(C)C.CC(C)(C)C.CC(C)(C)n1ccc(N)nc1=O.CC(C)(C)n1cnc(N)c(F)c1=O.CC(C)(C)n1cnc(N)cc1=O.Cc1cc(=O)n(C(C)(C)C)cn1.Cc1nc(N)c2cn[nH]c2n1.Cc1ncnc2[nH]ccc12.Nc1ncnc2[nH]ccc12.Nc1ncnc2[nH]ncc12.Nc1ncnc2nc[nH]c12. The molecule has 0 aliphatic rings. The van der Waals surface area contributed by atoms with Crippen molar-refractivity contribution < 1.29 is 4.39 Å². The molecule has 0 bridgehead atoms. The van der Waals surface area contributed by atoms with E-state index in [4.69, 9.17) is 40.1 Å². The van der Waals surface area contributed by atoms with Gasteiger partial charge in [-0.15, -0.1) is 0 Å². The van der Waals surface area contributed by atoms with E-state index in [1.807, 2.05) is 94.5 Å². The number of nitrogens with one attached hydrogen (secondary N) is 5. The molecule has 125 heavy (non-hydrogen) atoms. The average molecular weight is 1730 g/mol. The van der Waals surface area contributed by atoms with Gasteiger partial charge in [0.15, 0.2) is 28.6 Å². The van der Waals surface area contributed by atoms with Crippen molar-refractivity contribution in [2.45, 2.75) is 264 Å². The summed E-state index contributed by atoms with van der Waals surface area (Å²) in [5.74, 6) is 1.72. The van der Waals surface area contributed by atoms with Crippen molar-refractivity contribution in [3.8, 4) is 0 Å². The molecule has 14 rings (SSSR count). The maximum Gasteiger partial charge on any atom is 0.349 e. The highest BCUT2D eigenvalue weighted by Crippen LogP contribution is 2.19. The van der Waals surface area contributed by atoms with E-state index in [0.29, 0.717) is 78.6 Å². The highest BCUT2D eigenvalue weighted by molar-refractivity contribution is 5.86. The number of imidazole rings is 1. The summed E-state index contributed by atoms with van der Waals surface area (Å²) >= 11 is 0. The minimum absolute atomic E-state index is 0.00926. The van der Waals surface area contributed by atoms with Gasteiger partial charge in [0.25, 0.3) is 16.7 Å². The number of aryl methyl sites for hydroxylation is 3. The van der Waals surface area contributed by atoms with Crippen molar-refractivity contribution >= 4 is 96.0 Å². The lowest BCUT2D eigenvalue weighted by Gasteiger charge is -2.21. The number of anilines is 7. The summed E-state index contributed by atoms with van der Waals surface area (Å²) in [6.07, 6.45) is 20.2. The Morgan fingerprint density at radius 1 is 0.352 bits per heavy atom. The Kier molecular flexibility index (Phi) is 41.8. The molecule has 0 aliphatic carbocycles. The monoisotopic (exact) mass is 1730 g/mol. The molecule has 0 unspecified atom stereocenters. The topological polar surface area (TPSA) is 568 Å². The molecule has 0 radical (unpaired) electrons. The number of fused-ring (bicyclic) bond motifs is 5. The van der Waals surface area contributed by atoms with Crippen LogP contribution in [0.5, 0.6) is 0 Å². The lowest BCUT2D eigenvalue weighted by Crippen LogP contribution is -2.36. The van der Waals surface area contributed by atoms with E-state index in [-0.39, 0.29) is 50.9 Å². The van der Waals surface area contributed by atoms with E-state index in [2.05, 4.69) is 249 Å². The zero-order chi connectivity index (χ0) is 96.5. The van der Waals surface area contributed by atoms with Crippen LogP contribution >= 0.6 is 0 Å². The smallest absolute Gasteiger partial charge is 0.349 e. The lowest BCUT2D eigenvalue weighted by molar-refractivity contribution is 0.367. The van der Waals surface area contributed by atoms with E-state index in [1.165, 1.54) is 48.6 Å². The Hall–Kier alpha value is -13.1. The van der Waals surface area contributed by atoms with Crippen LogP contribution in [0.15, 0.2) is 131 Å². The van der Waals surface area contributed by atoms with E-state index < -0.39 is 16.9 Å². The van der Waals surface area contributed by atoms with Gasteiger partial charge < -0.3 is 55.1 Å². The van der Waals surface area contributed by atoms with Crippen LogP contribution in [-0.4, -0.2) is 128 Å². The minimum Gasteiger partial charge on any atom is -0.383 e. The zero-order valence-electron chi connectivity index (χ0n) is 80.3. The highest BCUT2D eigenvalue weighted by Gasteiger charge is 2.20. The number of H-pyrrole nitrogens is 5. The number of rotatable bonds is 0. The van der Waals surface area contributed by atoms with Crippen molar-refractivity contribution in [2.24, 2.45) is 27.1 Å². The number of nitrogens with two attached hydrogens (primary N) is 7. The van der Waals surface area contributed by atoms with Crippen LogP contribution in [0, 0.1) is 53.7 Å². The zero-order valence-corrected chi connectivity index (χ0v) is 80.3. The summed E-state index contributed by atoms with van der Waals surface area (Å²) in [4.78, 5) is 112. The third-order valence-electron chi connectivity index (χ3n) is 13.4. The van der Waals surface area contributed by atoms with Crippen LogP contribution < -0.4 is 62.5 Å². The van der Waals surface area contributed by atoms with Crippen molar-refractivity contribution in [1.29, 1.82) is 0 Å². The molecule has 37 nitrogen and oxygen atoms in total. The van der Waals surface area contributed by atoms with Crippen molar-refractivity contribution in [1.82, 2.24) is 128 Å². The van der Waals surface area contributed by atoms with E-state index >= 15 is 0 Å². The molecule has 0 amide bonds. The maximum atomic E-state index is 13.0. The molecule has 14 heterocycles. The molecule has 0 fully saturated rings. The molecule has 0 saturated carbocycles. The van der Waals surface area contributed by atoms with Crippen LogP contribution in [0.2, 0.25) is 0 Å². The molecule has 0 saturated heterocycles. The van der Waals surface area contributed by atoms with Crippen molar-refractivity contribution in [3.63, 3.8) is 0 Å². The van der Waals surface area contributed by atoms with E-state index in [1.54, 1.807) is 91.0 Å². The Balaban J connectivity index is 0.000000681. The fraction of sp³-hybridized carbons (Fsp3) is 0.506. The second kappa shape index (κ2) is 47.5. The molecule has 0 aliphatic heterocycles. The number of aromatic nitrogens is 26. The van der Waals surface area contributed by atoms with Gasteiger partial charge >= 0.3 is 5.69 Å². The lowest BCUT2D eigenvalue weighted by atomic mass is 10.0. The van der Waals surface area contributed by atoms with Gasteiger partial charge in [-0.2, -0.15) is 19.6 Å². The number of aromatic amines is 5. The van der Waals surface area contributed by atoms with Crippen LogP contribution in [0.25, 0.3) is 55.3 Å². The number of nitrogen functional groups attached to an aromatic ring is 7.